The Labute approximate surface area is 130 Å². The second kappa shape index (κ2) is 7.40. The molecule has 3 N–H and O–H groups in total. The summed E-state index contributed by atoms with van der Waals surface area (Å²) in [5.74, 6) is 6.55. The zero-order valence-electron chi connectivity index (χ0n) is 10.6. The van der Waals surface area contributed by atoms with Crippen LogP contribution in [0.15, 0.2) is 39.0 Å². The Balaban J connectivity index is 1.87. The highest BCUT2D eigenvalue weighted by Crippen LogP contribution is 2.22. The lowest BCUT2D eigenvalue weighted by atomic mass is 10.2. The van der Waals surface area contributed by atoms with E-state index in [0.717, 1.165) is 27.3 Å². The molecule has 0 bridgehead atoms. The van der Waals surface area contributed by atoms with Gasteiger partial charge in [0.15, 0.2) is 0 Å². The fraction of sp³-hybridized carbons (Fsp3) is 0.308. The molecule has 6 heteroatoms. The van der Waals surface area contributed by atoms with E-state index in [1.807, 2.05) is 6.92 Å². The highest BCUT2D eigenvalue weighted by Gasteiger charge is 2.10. The van der Waals surface area contributed by atoms with Crippen LogP contribution in [0.25, 0.3) is 0 Å². The van der Waals surface area contributed by atoms with Gasteiger partial charge in [0, 0.05) is 33.0 Å². The van der Waals surface area contributed by atoms with Crippen LogP contribution in [0.1, 0.15) is 10.7 Å². The highest BCUT2D eigenvalue weighted by molar-refractivity contribution is 9.10. The summed E-state index contributed by atoms with van der Waals surface area (Å²) in [6.45, 7) is 2.02. The molecule has 2 aromatic rings. The van der Waals surface area contributed by atoms with Crippen LogP contribution in [0.4, 0.5) is 0 Å². The van der Waals surface area contributed by atoms with Crippen molar-refractivity contribution in [2.45, 2.75) is 24.3 Å². The van der Waals surface area contributed by atoms with Crippen LogP contribution in [0.2, 0.25) is 0 Å². The number of benzene rings is 1. The molecule has 0 fully saturated rings. The van der Waals surface area contributed by atoms with Crippen LogP contribution in [0.5, 0.6) is 0 Å². The molecule has 0 spiro atoms. The molecule has 0 amide bonds. The van der Waals surface area contributed by atoms with Crippen LogP contribution >= 0.6 is 39.0 Å². The van der Waals surface area contributed by atoms with Gasteiger partial charge in [-0.2, -0.15) is 0 Å². The van der Waals surface area contributed by atoms with Crippen LogP contribution in [-0.4, -0.2) is 16.8 Å². The van der Waals surface area contributed by atoms with Gasteiger partial charge in [-0.25, -0.2) is 4.98 Å². The zero-order valence-corrected chi connectivity index (χ0v) is 13.8. The summed E-state index contributed by atoms with van der Waals surface area (Å²) in [6.07, 6.45) is 0.865. The lowest BCUT2D eigenvalue weighted by Crippen LogP contribution is -2.38. The minimum absolute atomic E-state index is 0.232. The molecule has 1 aromatic carbocycles. The fourth-order valence-corrected chi connectivity index (χ4v) is 3.47. The molecule has 1 atom stereocenters. The van der Waals surface area contributed by atoms with Crippen molar-refractivity contribution in [3.63, 3.8) is 0 Å². The van der Waals surface area contributed by atoms with E-state index in [9.17, 15) is 0 Å². The van der Waals surface area contributed by atoms with Gasteiger partial charge >= 0.3 is 0 Å². The Morgan fingerprint density at radius 3 is 2.74 bits per heavy atom. The molecule has 1 heterocycles. The number of nitrogens with zero attached hydrogens (tertiary/aromatic N) is 1. The molecule has 2 rings (SSSR count). The number of hydrazine groups is 1. The average molecular weight is 358 g/mol. The van der Waals surface area contributed by atoms with E-state index in [-0.39, 0.29) is 6.04 Å². The smallest absolute Gasteiger partial charge is 0.0897 e. The quantitative estimate of drug-likeness (QED) is 0.472. The van der Waals surface area contributed by atoms with E-state index in [1.165, 1.54) is 4.90 Å². The molecule has 0 saturated heterocycles. The molecule has 3 nitrogen and oxygen atoms in total. The second-order valence-corrected chi connectivity index (χ2v) is 7.26. The van der Waals surface area contributed by atoms with Gasteiger partial charge in [0.05, 0.1) is 10.7 Å². The lowest BCUT2D eigenvalue weighted by molar-refractivity contribution is 0.570. The molecular weight excluding hydrogens is 342 g/mol. The number of halogens is 1. The van der Waals surface area contributed by atoms with Gasteiger partial charge in [-0.05, 0) is 31.2 Å². The summed E-state index contributed by atoms with van der Waals surface area (Å²) < 4.78 is 1.10. The Kier molecular flexibility index (Phi) is 5.84. The molecule has 0 aliphatic heterocycles. The van der Waals surface area contributed by atoms with Gasteiger partial charge in [0.1, 0.15) is 0 Å². The van der Waals surface area contributed by atoms with Gasteiger partial charge in [0.25, 0.3) is 0 Å². The third kappa shape index (κ3) is 4.89. The number of hydrogen-bond acceptors (Lipinski definition) is 5. The van der Waals surface area contributed by atoms with Crippen molar-refractivity contribution in [1.82, 2.24) is 10.4 Å². The Morgan fingerprint density at radius 1 is 1.42 bits per heavy atom. The molecule has 0 saturated carbocycles. The highest BCUT2D eigenvalue weighted by atomic mass is 79.9. The van der Waals surface area contributed by atoms with Gasteiger partial charge < -0.3 is 0 Å². The van der Waals surface area contributed by atoms with E-state index < -0.39 is 0 Å². The number of aromatic nitrogens is 1. The topological polar surface area (TPSA) is 50.9 Å². The molecular formula is C13H16BrN3S2. The Morgan fingerprint density at radius 2 is 2.16 bits per heavy atom. The lowest BCUT2D eigenvalue weighted by Gasteiger charge is -2.14. The summed E-state index contributed by atoms with van der Waals surface area (Å²) in [4.78, 5) is 5.72. The van der Waals surface area contributed by atoms with E-state index in [0.29, 0.717) is 0 Å². The standard InChI is InChI=1S/C13H16BrN3S2/c1-9-16-11(7-18-9)6-12(17-15)8-19-13-4-2-10(14)3-5-13/h2-5,7,12,17H,6,8,15H2,1H3. The molecule has 0 radical (unpaired) electrons. The number of hydrogen-bond donors (Lipinski definition) is 2. The Bertz CT molecular complexity index is 513. The summed E-state index contributed by atoms with van der Waals surface area (Å²) >= 11 is 6.92. The molecule has 0 aliphatic rings. The maximum Gasteiger partial charge on any atom is 0.0897 e. The van der Waals surface area contributed by atoms with Gasteiger partial charge in [-0.15, -0.1) is 23.1 Å². The van der Waals surface area contributed by atoms with E-state index in [1.54, 1.807) is 23.1 Å². The van der Waals surface area contributed by atoms with Gasteiger partial charge in [-0.3, -0.25) is 11.3 Å². The van der Waals surface area contributed by atoms with Crippen LogP contribution in [0.3, 0.4) is 0 Å². The normalized spacial score (nSPS) is 12.6. The number of rotatable bonds is 6. The maximum absolute atomic E-state index is 5.62. The molecule has 1 unspecified atom stereocenters. The maximum atomic E-state index is 5.62. The van der Waals surface area contributed by atoms with Crippen molar-refractivity contribution >= 4 is 39.0 Å². The first-order chi connectivity index (χ1) is 9.17. The number of nitrogens with one attached hydrogen (secondary N) is 1. The van der Waals surface area contributed by atoms with E-state index in [4.69, 9.17) is 5.84 Å². The van der Waals surface area contributed by atoms with Crippen LogP contribution < -0.4 is 11.3 Å². The van der Waals surface area contributed by atoms with E-state index >= 15 is 0 Å². The van der Waals surface area contributed by atoms with E-state index in [2.05, 4.69) is 56.0 Å². The summed E-state index contributed by atoms with van der Waals surface area (Å²) in [5.41, 5.74) is 3.99. The minimum atomic E-state index is 0.232. The first kappa shape index (κ1) is 15.0. The second-order valence-electron chi connectivity index (χ2n) is 4.19. The third-order valence-corrected chi connectivity index (χ3v) is 5.15. The van der Waals surface area contributed by atoms with Crippen LogP contribution in [-0.2, 0) is 6.42 Å². The SMILES string of the molecule is Cc1nc(CC(CSc2ccc(Br)cc2)NN)cs1. The number of thiazole rings is 1. The third-order valence-electron chi connectivity index (χ3n) is 2.62. The first-order valence-electron chi connectivity index (χ1n) is 5.93. The van der Waals surface area contributed by atoms with Gasteiger partial charge in [0.2, 0.25) is 0 Å². The zero-order chi connectivity index (χ0) is 13.7. The van der Waals surface area contributed by atoms with Crippen molar-refractivity contribution < 1.29 is 0 Å². The number of thioether (sulfide) groups is 1. The van der Waals surface area contributed by atoms with Crippen molar-refractivity contribution in [3.8, 4) is 0 Å². The van der Waals surface area contributed by atoms with Crippen molar-refractivity contribution in [2.75, 3.05) is 5.75 Å². The Hall–Kier alpha value is -0.400. The molecule has 19 heavy (non-hydrogen) atoms. The molecule has 0 aliphatic carbocycles. The van der Waals surface area contributed by atoms with Crippen molar-refractivity contribution in [3.05, 3.63) is 44.8 Å². The predicted molar refractivity (Wildman–Crippen MR) is 86.5 cm³/mol. The number of aryl methyl sites for hydroxylation is 1. The first-order valence-corrected chi connectivity index (χ1v) is 8.58. The van der Waals surface area contributed by atoms with Crippen LogP contribution in [0, 0.1) is 6.92 Å². The van der Waals surface area contributed by atoms with Gasteiger partial charge in [-0.1, -0.05) is 15.9 Å². The summed E-state index contributed by atoms with van der Waals surface area (Å²) in [7, 11) is 0. The molecule has 102 valence electrons. The van der Waals surface area contributed by atoms with Crippen molar-refractivity contribution in [1.29, 1.82) is 0 Å². The monoisotopic (exact) mass is 357 g/mol. The van der Waals surface area contributed by atoms with Crippen molar-refractivity contribution in [2.24, 2.45) is 5.84 Å². The summed E-state index contributed by atoms with van der Waals surface area (Å²) in [6, 6.07) is 8.55. The summed E-state index contributed by atoms with van der Waals surface area (Å²) in [5, 5.41) is 3.20. The molecule has 1 aromatic heterocycles. The minimum Gasteiger partial charge on any atom is -0.271 e. The largest absolute Gasteiger partial charge is 0.271 e. The average Bonchev–Trinajstić information content (AvgIpc) is 2.82. The number of nitrogens with two attached hydrogens (primary N) is 1. The predicted octanol–water partition coefficient (Wildman–Crippen LogP) is 3.38. The fourth-order valence-electron chi connectivity index (χ4n) is 1.65.